The Kier molecular flexibility index (Phi) is 5.04. The van der Waals surface area contributed by atoms with Gasteiger partial charge in [-0.2, -0.15) is 0 Å². The maximum absolute atomic E-state index is 12.8. The molecule has 0 bridgehead atoms. The molecule has 1 aliphatic rings. The number of ether oxygens (including phenoxy) is 1. The van der Waals surface area contributed by atoms with E-state index in [1.165, 1.54) is 7.11 Å². The van der Waals surface area contributed by atoms with E-state index in [1.54, 1.807) is 17.9 Å². The minimum absolute atomic E-state index is 0.0334. The van der Waals surface area contributed by atoms with Gasteiger partial charge in [-0.3, -0.25) is 4.79 Å². The number of carbonyl (C=O) groups is 2. The van der Waals surface area contributed by atoms with Crippen LogP contribution in [0.5, 0.6) is 0 Å². The van der Waals surface area contributed by atoms with Crippen LogP contribution in [-0.2, 0) is 14.3 Å². The van der Waals surface area contributed by atoms with Crippen LogP contribution < -0.4 is 0 Å². The van der Waals surface area contributed by atoms with E-state index in [-0.39, 0.29) is 11.9 Å². The first-order valence-corrected chi connectivity index (χ1v) is 7.82. The van der Waals surface area contributed by atoms with Gasteiger partial charge in [0, 0.05) is 11.7 Å². The number of esters is 1. The number of hydrogen-bond acceptors (Lipinski definition) is 3. The van der Waals surface area contributed by atoms with Crippen LogP contribution in [0.15, 0.2) is 41.1 Å². The number of rotatable bonds is 4. The molecule has 0 N–H and O–H groups in total. The molecule has 0 spiro atoms. The van der Waals surface area contributed by atoms with Crippen molar-refractivity contribution in [1.29, 1.82) is 0 Å². The number of hydrogen-bond donors (Lipinski definition) is 0. The van der Waals surface area contributed by atoms with E-state index in [1.807, 2.05) is 45.0 Å². The number of amides is 1. The summed E-state index contributed by atoms with van der Waals surface area (Å²) in [6.45, 7) is 7.80. The first-order valence-electron chi connectivity index (χ1n) is 7.82. The molecule has 1 heterocycles. The average molecular weight is 313 g/mol. The fourth-order valence-electron chi connectivity index (χ4n) is 2.74. The van der Waals surface area contributed by atoms with Gasteiger partial charge in [0.2, 0.25) is 0 Å². The molecule has 0 radical (unpaired) electrons. The number of carbonyl (C=O) groups excluding carboxylic acids is 2. The average Bonchev–Trinajstić information content (AvgIpc) is 2.79. The fourth-order valence-corrected chi connectivity index (χ4v) is 2.74. The highest BCUT2D eigenvalue weighted by molar-refractivity contribution is 6.16. The zero-order chi connectivity index (χ0) is 17.1. The molecule has 0 aromatic heterocycles. The van der Waals surface area contributed by atoms with Crippen molar-refractivity contribution in [3.05, 3.63) is 52.2 Å². The van der Waals surface area contributed by atoms with E-state index in [0.29, 0.717) is 16.8 Å². The lowest BCUT2D eigenvalue weighted by molar-refractivity contribution is -0.136. The molecule has 0 saturated carbocycles. The van der Waals surface area contributed by atoms with Crippen molar-refractivity contribution < 1.29 is 14.3 Å². The number of nitrogens with zero attached hydrogens (tertiary/aromatic N) is 1. The zero-order valence-electron chi connectivity index (χ0n) is 14.3. The van der Waals surface area contributed by atoms with Crippen LogP contribution in [0.25, 0.3) is 6.08 Å². The maximum atomic E-state index is 12.8. The summed E-state index contributed by atoms with van der Waals surface area (Å²) in [5.41, 5.74) is 3.46. The molecular weight excluding hydrogens is 290 g/mol. The molecule has 0 saturated heterocycles. The van der Waals surface area contributed by atoms with Crippen LogP contribution in [-0.4, -0.2) is 29.9 Å². The lowest BCUT2D eigenvalue weighted by Gasteiger charge is -2.24. The van der Waals surface area contributed by atoms with Gasteiger partial charge in [0.15, 0.2) is 0 Å². The van der Waals surface area contributed by atoms with E-state index in [9.17, 15) is 9.59 Å². The van der Waals surface area contributed by atoms with Gasteiger partial charge in [-0.1, -0.05) is 36.8 Å². The summed E-state index contributed by atoms with van der Waals surface area (Å²) < 4.78 is 4.89. The Morgan fingerprint density at radius 1 is 1.26 bits per heavy atom. The van der Waals surface area contributed by atoms with Crippen molar-refractivity contribution in [2.75, 3.05) is 7.11 Å². The number of benzene rings is 1. The maximum Gasteiger partial charge on any atom is 0.340 e. The van der Waals surface area contributed by atoms with E-state index in [0.717, 1.165) is 17.5 Å². The van der Waals surface area contributed by atoms with Gasteiger partial charge in [-0.05, 0) is 38.8 Å². The van der Waals surface area contributed by atoms with Gasteiger partial charge < -0.3 is 9.64 Å². The molecule has 0 aliphatic carbocycles. The molecule has 1 aliphatic heterocycles. The Bertz CT molecular complexity index is 683. The predicted octanol–water partition coefficient (Wildman–Crippen LogP) is 3.47. The third-order valence-corrected chi connectivity index (χ3v) is 4.25. The number of methoxy groups -OCH3 is 1. The molecule has 1 amide bonds. The van der Waals surface area contributed by atoms with Crippen molar-refractivity contribution in [2.24, 2.45) is 0 Å². The third-order valence-electron chi connectivity index (χ3n) is 4.25. The Balaban J connectivity index is 2.54. The molecular formula is C19H23NO3. The van der Waals surface area contributed by atoms with Crippen molar-refractivity contribution >= 4 is 18.0 Å². The van der Waals surface area contributed by atoms with Gasteiger partial charge >= 0.3 is 5.97 Å². The molecule has 1 atom stereocenters. The topological polar surface area (TPSA) is 46.6 Å². The SMILES string of the molecule is CC[C@@H](C)N1C(=O)/C(=C\c2ccc(C)cc2)C(C(=O)OC)=C1C. The lowest BCUT2D eigenvalue weighted by Crippen LogP contribution is -2.33. The molecule has 1 aromatic carbocycles. The standard InChI is InChI=1S/C19H23NO3/c1-6-13(3)20-14(4)17(19(22)23-5)16(18(20)21)11-15-9-7-12(2)8-10-15/h7-11,13H,6H2,1-5H3/b16-11-/t13-/m1/s1. The number of aryl methyl sites for hydroxylation is 1. The molecule has 0 fully saturated rings. The normalized spacial score (nSPS) is 17.9. The fraction of sp³-hybridized carbons (Fsp3) is 0.368. The molecule has 23 heavy (non-hydrogen) atoms. The number of allylic oxidation sites excluding steroid dienone is 1. The second-order valence-corrected chi connectivity index (χ2v) is 5.85. The highest BCUT2D eigenvalue weighted by Crippen LogP contribution is 2.33. The van der Waals surface area contributed by atoms with Gasteiger partial charge in [-0.15, -0.1) is 0 Å². The first-order chi connectivity index (χ1) is 10.9. The van der Waals surface area contributed by atoms with E-state index in [2.05, 4.69) is 0 Å². The van der Waals surface area contributed by atoms with Crippen molar-refractivity contribution in [2.45, 2.75) is 40.2 Å². The minimum Gasteiger partial charge on any atom is -0.465 e. The predicted molar refractivity (Wildman–Crippen MR) is 90.5 cm³/mol. The van der Waals surface area contributed by atoms with Crippen molar-refractivity contribution in [3.63, 3.8) is 0 Å². The summed E-state index contributed by atoms with van der Waals surface area (Å²) in [4.78, 5) is 26.7. The molecule has 4 nitrogen and oxygen atoms in total. The summed E-state index contributed by atoms with van der Waals surface area (Å²) in [5, 5.41) is 0. The summed E-state index contributed by atoms with van der Waals surface area (Å²) in [5.74, 6) is -0.613. The van der Waals surface area contributed by atoms with E-state index in [4.69, 9.17) is 4.74 Å². The minimum atomic E-state index is -0.472. The Labute approximate surface area is 137 Å². The van der Waals surface area contributed by atoms with Crippen LogP contribution in [0.2, 0.25) is 0 Å². The van der Waals surface area contributed by atoms with Crippen molar-refractivity contribution in [3.8, 4) is 0 Å². The third kappa shape index (κ3) is 3.21. The van der Waals surface area contributed by atoms with E-state index < -0.39 is 5.97 Å². The summed E-state index contributed by atoms with van der Waals surface area (Å²) in [7, 11) is 1.34. The van der Waals surface area contributed by atoms with Gasteiger partial charge in [0.05, 0.1) is 18.3 Å². The quantitative estimate of drug-likeness (QED) is 0.631. The van der Waals surface area contributed by atoms with Crippen LogP contribution in [0.1, 0.15) is 38.3 Å². The first kappa shape index (κ1) is 17.0. The summed E-state index contributed by atoms with van der Waals surface area (Å²) in [6.07, 6.45) is 2.58. The van der Waals surface area contributed by atoms with Gasteiger partial charge in [-0.25, -0.2) is 4.79 Å². The molecule has 4 heteroatoms. The van der Waals surface area contributed by atoms with Crippen molar-refractivity contribution in [1.82, 2.24) is 4.90 Å². The Morgan fingerprint density at radius 2 is 1.87 bits per heavy atom. The molecule has 1 aromatic rings. The largest absolute Gasteiger partial charge is 0.465 e. The Hall–Kier alpha value is -2.36. The van der Waals surface area contributed by atoms with Crippen LogP contribution >= 0.6 is 0 Å². The molecule has 2 rings (SSSR count). The summed E-state index contributed by atoms with van der Waals surface area (Å²) in [6, 6.07) is 7.86. The lowest BCUT2D eigenvalue weighted by atomic mass is 10.0. The second-order valence-electron chi connectivity index (χ2n) is 5.85. The van der Waals surface area contributed by atoms with Crippen LogP contribution in [0.3, 0.4) is 0 Å². The molecule has 0 unspecified atom stereocenters. The highest BCUT2D eigenvalue weighted by atomic mass is 16.5. The summed E-state index contributed by atoms with van der Waals surface area (Å²) >= 11 is 0. The highest BCUT2D eigenvalue weighted by Gasteiger charge is 2.38. The second kappa shape index (κ2) is 6.82. The van der Waals surface area contributed by atoms with Crippen LogP contribution in [0.4, 0.5) is 0 Å². The molecule has 122 valence electrons. The smallest absolute Gasteiger partial charge is 0.340 e. The van der Waals surface area contributed by atoms with Gasteiger partial charge in [0.1, 0.15) is 0 Å². The van der Waals surface area contributed by atoms with Gasteiger partial charge in [0.25, 0.3) is 5.91 Å². The van der Waals surface area contributed by atoms with Crippen LogP contribution in [0, 0.1) is 6.92 Å². The Morgan fingerprint density at radius 3 is 2.39 bits per heavy atom. The van der Waals surface area contributed by atoms with E-state index >= 15 is 0 Å². The monoisotopic (exact) mass is 313 g/mol. The zero-order valence-corrected chi connectivity index (χ0v) is 14.3.